The molecule has 1 aromatic carbocycles. The molecule has 0 unspecified atom stereocenters. The van der Waals surface area contributed by atoms with E-state index in [-0.39, 0.29) is 11.5 Å². The second-order valence-electron chi connectivity index (χ2n) is 5.05. The van der Waals surface area contributed by atoms with E-state index in [1.165, 1.54) is 0 Å². The number of anilines is 1. The number of hydrazine groups is 1. The number of nitrogens with two attached hydrogens (primary N) is 1. The quantitative estimate of drug-likeness (QED) is 0.542. The Morgan fingerprint density at radius 3 is 2.63 bits per heavy atom. The largest absolute Gasteiger partial charge is 0.374 e. The summed E-state index contributed by atoms with van der Waals surface area (Å²) < 4.78 is 5.53. The summed E-state index contributed by atoms with van der Waals surface area (Å²) >= 11 is 0. The number of hydrogen-bond donors (Lipinski definition) is 3. The van der Waals surface area contributed by atoms with E-state index in [1.54, 1.807) is 18.2 Å². The second kappa shape index (κ2) is 6.54. The minimum absolute atomic E-state index is 0.112. The maximum Gasteiger partial charge on any atom is 0.251 e. The number of hydrogen-bond acceptors (Lipinski definition) is 4. The van der Waals surface area contributed by atoms with Gasteiger partial charge in [0.15, 0.2) is 0 Å². The SMILES string of the molecule is CCOC(C)(C)CNC(=O)c1ccc(NN)c(C)c1. The van der Waals surface area contributed by atoms with E-state index in [2.05, 4.69) is 10.7 Å². The van der Waals surface area contributed by atoms with Crippen molar-refractivity contribution in [2.45, 2.75) is 33.3 Å². The van der Waals surface area contributed by atoms with Crippen LogP contribution in [0.25, 0.3) is 0 Å². The van der Waals surface area contributed by atoms with E-state index >= 15 is 0 Å². The van der Waals surface area contributed by atoms with Gasteiger partial charge >= 0.3 is 0 Å². The van der Waals surface area contributed by atoms with Crippen LogP contribution in [0.5, 0.6) is 0 Å². The lowest BCUT2D eigenvalue weighted by atomic mass is 10.1. The van der Waals surface area contributed by atoms with Crippen LogP contribution in [0.2, 0.25) is 0 Å². The van der Waals surface area contributed by atoms with Crippen LogP contribution in [0.15, 0.2) is 18.2 Å². The molecule has 0 aromatic heterocycles. The number of carbonyl (C=O) groups excluding carboxylic acids is 1. The van der Waals surface area contributed by atoms with E-state index in [0.29, 0.717) is 18.7 Å². The van der Waals surface area contributed by atoms with Gasteiger partial charge in [0, 0.05) is 18.7 Å². The molecule has 19 heavy (non-hydrogen) atoms. The molecule has 0 bridgehead atoms. The number of aryl methyl sites for hydroxylation is 1. The van der Waals surface area contributed by atoms with Crippen LogP contribution >= 0.6 is 0 Å². The van der Waals surface area contributed by atoms with Crippen molar-refractivity contribution >= 4 is 11.6 Å². The van der Waals surface area contributed by atoms with Crippen LogP contribution in [0, 0.1) is 6.92 Å². The molecule has 0 spiro atoms. The molecule has 0 heterocycles. The zero-order valence-electron chi connectivity index (χ0n) is 12.0. The molecule has 0 aliphatic rings. The van der Waals surface area contributed by atoms with Crippen LogP contribution in [-0.4, -0.2) is 24.7 Å². The van der Waals surface area contributed by atoms with E-state index in [9.17, 15) is 4.79 Å². The first kappa shape index (κ1) is 15.5. The Labute approximate surface area is 114 Å². The Hall–Kier alpha value is -1.59. The summed E-state index contributed by atoms with van der Waals surface area (Å²) in [5, 5.41) is 2.87. The molecule has 0 fully saturated rings. The molecule has 1 rings (SSSR count). The number of nitrogen functional groups attached to an aromatic ring is 1. The van der Waals surface area contributed by atoms with Gasteiger partial charge < -0.3 is 15.5 Å². The van der Waals surface area contributed by atoms with Crippen molar-refractivity contribution < 1.29 is 9.53 Å². The molecule has 4 N–H and O–H groups in total. The van der Waals surface area contributed by atoms with Crippen LogP contribution in [0.4, 0.5) is 5.69 Å². The average Bonchev–Trinajstić information content (AvgIpc) is 2.36. The Bertz CT molecular complexity index is 444. The first-order valence-corrected chi connectivity index (χ1v) is 6.39. The Morgan fingerprint density at radius 2 is 2.11 bits per heavy atom. The lowest BCUT2D eigenvalue weighted by molar-refractivity contribution is -0.00815. The fourth-order valence-corrected chi connectivity index (χ4v) is 1.80. The van der Waals surface area contributed by atoms with Gasteiger partial charge in [0.2, 0.25) is 0 Å². The maximum atomic E-state index is 12.0. The Balaban J connectivity index is 2.66. The molecular formula is C14H23N3O2. The van der Waals surface area contributed by atoms with Gasteiger partial charge in [-0.15, -0.1) is 0 Å². The fraction of sp³-hybridized carbons (Fsp3) is 0.500. The molecule has 106 valence electrons. The monoisotopic (exact) mass is 265 g/mol. The van der Waals surface area contributed by atoms with Gasteiger partial charge in [-0.1, -0.05) is 0 Å². The molecule has 1 amide bonds. The Morgan fingerprint density at radius 1 is 1.42 bits per heavy atom. The van der Waals surface area contributed by atoms with Gasteiger partial charge in [-0.3, -0.25) is 10.6 Å². The van der Waals surface area contributed by atoms with E-state index in [4.69, 9.17) is 10.6 Å². The minimum Gasteiger partial charge on any atom is -0.374 e. The molecule has 0 saturated heterocycles. The third-order valence-electron chi connectivity index (χ3n) is 2.85. The second-order valence-corrected chi connectivity index (χ2v) is 5.05. The molecule has 1 aromatic rings. The lowest BCUT2D eigenvalue weighted by Gasteiger charge is -2.24. The summed E-state index contributed by atoms with van der Waals surface area (Å²) in [5.41, 5.74) is 4.58. The van der Waals surface area contributed by atoms with Gasteiger partial charge in [-0.05, 0) is 51.5 Å². The van der Waals surface area contributed by atoms with Gasteiger partial charge in [0.1, 0.15) is 0 Å². The molecule has 0 saturated carbocycles. The standard InChI is InChI=1S/C14H23N3O2/c1-5-19-14(3,4)9-16-13(18)11-6-7-12(17-15)10(2)8-11/h6-8,17H,5,9,15H2,1-4H3,(H,16,18). The molecule has 5 heteroatoms. The van der Waals surface area contributed by atoms with Crippen molar-refractivity contribution in [2.24, 2.45) is 5.84 Å². The van der Waals surface area contributed by atoms with E-state index < -0.39 is 0 Å². The van der Waals surface area contributed by atoms with Gasteiger partial charge in [0.25, 0.3) is 5.91 Å². The van der Waals surface area contributed by atoms with Crippen LogP contribution < -0.4 is 16.6 Å². The smallest absolute Gasteiger partial charge is 0.251 e. The van der Waals surface area contributed by atoms with Gasteiger partial charge in [0.05, 0.1) is 11.3 Å². The summed E-state index contributed by atoms with van der Waals surface area (Å²) in [6.07, 6.45) is 0. The zero-order valence-corrected chi connectivity index (χ0v) is 12.0. The molecule has 5 nitrogen and oxygen atoms in total. The summed E-state index contributed by atoms with van der Waals surface area (Å²) in [4.78, 5) is 12.0. The predicted octanol–water partition coefficient (Wildman–Crippen LogP) is 1.83. The van der Waals surface area contributed by atoms with E-state index in [0.717, 1.165) is 11.3 Å². The number of amides is 1. The van der Waals surface area contributed by atoms with Crippen molar-refractivity contribution in [3.63, 3.8) is 0 Å². The summed E-state index contributed by atoms with van der Waals surface area (Å²) in [6, 6.07) is 5.33. The number of benzene rings is 1. The van der Waals surface area contributed by atoms with Crippen LogP contribution in [0.1, 0.15) is 36.7 Å². The predicted molar refractivity (Wildman–Crippen MR) is 77.0 cm³/mol. The molecule has 0 aliphatic carbocycles. The number of ether oxygens (including phenoxy) is 1. The first-order valence-electron chi connectivity index (χ1n) is 6.39. The molecule has 0 aliphatic heterocycles. The van der Waals surface area contributed by atoms with Gasteiger partial charge in [-0.25, -0.2) is 0 Å². The van der Waals surface area contributed by atoms with Gasteiger partial charge in [-0.2, -0.15) is 0 Å². The number of nitrogens with one attached hydrogen (secondary N) is 2. The van der Waals surface area contributed by atoms with Crippen LogP contribution in [-0.2, 0) is 4.74 Å². The van der Waals surface area contributed by atoms with Crippen molar-refractivity contribution in [3.8, 4) is 0 Å². The molecule has 0 radical (unpaired) electrons. The highest BCUT2D eigenvalue weighted by atomic mass is 16.5. The maximum absolute atomic E-state index is 12.0. The first-order chi connectivity index (χ1) is 8.89. The van der Waals surface area contributed by atoms with Crippen molar-refractivity contribution in [3.05, 3.63) is 29.3 Å². The highest BCUT2D eigenvalue weighted by Gasteiger charge is 2.19. The number of rotatable bonds is 6. The third-order valence-corrected chi connectivity index (χ3v) is 2.85. The number of carbonyl (C=O) groups is 1. The summed E-state index contributed by atoms with van der Waals surface area (Å²) in [7, 11) is 0. The molecular weight excluding hydrogens is 242 g/mol. The highest BCUT2D eigenvalue weighted by Crippen LogP contribution is 2.15. The molecule has 0 atom stereocenters. The summed E-state index contributed by atoms with van der Waals surface area (Å²) in [5.74, 6) is 5.25. The normalized spacial score (nSPS) is 11.2. The Kier molecular flexibility index (Phi) is 5.32. The van der Waals surface area contributed by atoms with Crippen molar-refractivity contribution in [1.82, 2.24) is 5.32 Å². The minimum atomic E-state index is -0.363. The summed E-state index contributed by atoms with van der Waals surface area (Å²) in [6.45, 7) is 8.82. The lowest BCUT2D eigenvalue weighted by Crippen LogP contribution is -2.40. The topological polar surface area (TPSA) is 76.4 Å². The average molecular weight is 265 g/mol. The zero-order chi connectivity index (χ0) is 14.5. The van der Waals surface area contributed by atoms with Crippen molar-refractivity contribution in [2.75, 3.05) is 18.6 Å². The van der Waals surface area contributed by atoms with E-state index in [1.807, 2.05) is 27.7 Å². The van der Waals surface area contributed by atoms with Crippen LogP contribution in [0.3, 0.4) is 0 Å². The fourth-order valence-electron chi connectivity index (χ4n) is 1.80. The third kappa shape index (κ3) is 4.54. The van der Waals surface area contributed by atoms with Crippen molar-refractivity contribution in [1.29, 1.82) is 0 Å². The highest BCUT2D eigenvalue weighted by molar-refractivity contribution is 5.94.